The quantitative estimate of drug-likeness (QED) is 0.254. The maximum atomic E-state index is 4.49. The van der Waals surface area contributed by atoms with E-state index < -0.39 is 5.31 Å². The van der Waals surface area contributed by atoms with Crippen LogP contribution >= 0.6 is 48.1 Å². The predicted octanol–water partition coefficient (Wildman–Crippen LogP) is 6.85. The molecule has 27 heavy (non-hydrogen) atoms. The first-order chi connectivity index (χ1) is 13.1. The molecule has 0 amide bonds. The minimum atomic E-state index is -2.86. The summed E-state index contributed by atoms with van der Waals surface area (Å²) in [4.78, 5) is 1.37. The molecule has 0 fully saturated rings. The number of thiophene rings is 1. The second kappa shape index (κ2) is 7.64. The van der Waals surface area contributed by atoms with Gasteiger partial charge in [-0.2, -0.15) is 0 Å². The normalized spacial score (nSPS) is 13.0. The number of benzene rings is 3. The minimum absolute atomic E-state index is 0.944. The summed E-state index contributed by atoms with van der Waals surface area (Å²) in [5, 5.41) is 3.36. The Kier molecular flexibility index (Phi) is 5.40. The average Bonchev–Trinajstić information content (AvgIpc) is 3.14. The zero-order chi connectivity index (χ0) is 18.8. The molecule has 0 N–H and O–H groups in total. The van der Waals surface area contributed by atoms with Crippen molar-refractivity contribution < 1.29 is 0 Å². The fraction of sp³-hybridized carbons (Fsp3) is 0.0435. The van der Waals surface area contributed by atoms with Crippen LogP contribution in [0.1, 0.15) is 4.88 Å². The van der Waals surface area contributed by atoms with Crippen LogP contribution in [0.2, 0.25) is 0 Å². The number of hydrogen-bond acceptors (Lipinski definition) is 1. The molecular formula is C23H19Br2PS. The van der Waals surface area contributed by atoms with Crippen LogP contribution in [0.15, 0.2) is 107 Å². The van der Waals surface area contributed by atoms with Gasteiger partial charge in [-0.25, -0.2) is 0 Å². The van der Waals surface area contributed by atoms with Crippen LogP contribution in [-0.4, -0.2) is 0 Å². The Morgan fingerprint density at radius 2 is 1.07 bits per heavy atom. The van der Waals surface area contributed by atoms with Crippen LogP contribution in [0.25, 0.3) is 0 Å². The molecule has 1 heterocycles. The van der Waals surface area contributed by atoms with Gasteiger partial charge in [0.1, 0.15) is 0 Å². The van der Waals surface area contributed by atoms with E-state index >= 15 is 0 Å². The first kappa shape index (κ1) is 19.1. The van der Waals surface area contributed by atoms with Crippen LogP contribution < -0.4 is 15.9 Å². The first-order valence-electron chi connectivity index (χ1n) is 8.74. The summed E-state index contributed by atoms with van der Waals surface area (Å²) < 4.78 is 1.15. The van der Waals surface area contributed by atoms with E-state index in [1.165, 1.54) is 20.8 Å². The molecule has 4 rings (SSSR count). The van der Waals surface area contributed by atoms with Crippen molar-refractivity contribution in [2.24, 2.45) is 0 Å². The van der Waals surface area contributed by atoms with E-state index in [9.17, 15) is 0 Å². The molecule has 0 nitrogen and oxygen atoms in total. The van der Waals surface area contributed by atoms with Crippen molar-refractivity contribution in [3.63, 3.8) is 0 Å². The summed E-state index contributed by atoms with van der Waals surface area (Å²) in [7, 11) is 0. The van der Waals surface area contributed by atoms with Crippen molar-refractivity contribution in [2.75, 3.05) is 0 Å². The molecule has 4 aromatic rings. The van der Waals surface area contributed by atoms with E-state index in [4.69, 9.17) is 0 Å². The molecule has 0 unspecified atom stereocenters. The van der Waals surface area contributed by atoms with E-state index in [-0.39, 0.29) is 0 Å². The molecule has 0 spiro atoms. The Morgan fingerprint density at radius 3 is 1.41 bits per heavy atom. The number of hydrogen-bond donors (Lipinski definition) is 0. The SMILES string of the molecule is Brc1csc(CP(Br)(c2ccccc2)(c2ccccc2)c2ccccc2)c1. The second-order valence-corrected chi connectivity index (χ2v) is 17.4. The van der Waals surface area contributed by atoms with Gasteiger partial charge in [-0.3, -0.25) is 0 Å². The molecule has 0 aliphatic carbocycles. The second-order valence-electron chi connectivity index (χ2n) is 6.58. The van der Waals surface area contributed by atoms with E-state index in [0.717, 1.165) is 10.6 Å². The summed E-state index contributed by atoms with van der Waals surface area (Å²) in [6, 6.07) is 35.1. The van der Waals surface area contributed by atoms with Gasteiger partial charge in [0, 0.05) is 0 Å². The molecule has 0 aliphatic rings. The van der Waals surface area contributed by atoms with Gasteiger partial charge in [-0.05, 0) is 0 Å². The van der Waals surface area contributed by atoms with Gasteiger partial charge in [-0.1, -0.05) is 0 Å². The zero-order valence-corrected chi connectivity index (χ0v) is 19.5. The molecule has 0 radical (unpaired) electrons. The first-order valence-corrected chi connectivity index (χ1v) is 14.8. The number of rotatable bonds is 5. The standard InChI is InChI=1S/C23H19Br2PS/c24-19-16-23(27-18-19)17-26(25,20-10-4-1-5-11-20,21-12-6-2-7-13-21)22-14-8-3-9-15-22/h1-16,18H,17H2. The van der Waals surface area contributed by atoms with Crippen molar-refractivity contribution >= 4 is 64.0 Å². The van der Waals surface area contributed by atoms with Gasteiger partial charge in [0.25, 0.3) is 0 Å². The van der Waals surface area contributed by atoms with Crippen LogP contribution in [0.3, 0.4) is 0 Å². The van der Waals surface area contributed by atoms with Gasteiger partial charge < -0.3 is 0 Å². The van der Waals surface area contributed by atoms with Crippen LogP contribution in [0, 0.1) is 0 Å². The van der Waals surface area contributed by atoms with Crippen molar-refractivity contribution in [2.45, 2.75) is 6.16 Å². The third-order valence-electron chi connectivity index (χ3n) is 4.96. The Labute approximate surface area is 181 Å². The van der Waals surface area contributed by atoms with E-state index in [1.807, 2.05) is 11.3 Å². The van der Waals surface area contributed by atoms with E-state index in [2.05, 4.69) is 134 Å². The Balaban J connectivity index is 2.09. The van der Waals surface area contributed by atoms with Crippen molar-refractivity contribution in [3.8, 4) is 0 Å². The van der Waals surface area contributed by atoms with Crippen LogP contribution in [-0.2, 0) is 6.16 Å². The van der Waals surface area contributed by atoms with Gasteiger partial charge in [-0.15, -0.1) is 0 Å². The van der Waals surface area contributed by atoms with Gasteiger partial charge in [0.15, 0.2) is 0 Å². The summed E-state index contributed by atoms with van der Waals surface area (Å²) in [5.74, 6) is 0. The molecule has 0 aliphatic heterocycles. The fourth-order valence-electron chi connectivity index (χ4n) is 3.67. The fourth-order valence-corrected chi connectivity index (χ4v) is 13.9. The molecule has 0 bridgehead atoms. The Hall–Kier alpha value is -1.25. The van der Waals surface area contributed by atoms with E-state index in [1.54, 1.807) is 0 Å². The third-order valence-corrected chi connectivity index (χ3v) is 16.4. The Morgan fingerprint density at radius 1 is 0.667 bits per heavy atom. The summed E-state index contributed by atoms with van der Waals surface area (Å²) in [6.45, 7) is 0. The average molecular weight is 518 g/mol. The molecule has 4 heteroatoms. The molecule has 1 aromatic heterocycles. The monoisotopic (exact) mass is 516 g/mol. The van der Waals surface area contributed by atoms with Crippen molar-refractivity contribution in [3.05, 3.63) is 112 Å². The molecule has 0 saturated carbocycles. The van der Waals surface area contributed by atoms with Crippen LogP contribution in [0.5, 0.6) is 0 Å². The zero-order valence-electron chi connectivity index (χ0n) is 14.6. The maximum absolute atomic E-state index is 4.49. The summed E-state index contributed by atoms with van der Waals surface area (Å²) in [5.41, 5.74) is 0. The molecule has 136 valence electrons. The molecule has 0 saturated heterocycles. The van der Waals surface area contributed by atoms with E-state index in [0.29, 0.717) is 0 Å². The number of halogens is 2. The van der Waals surface area contributed by atoms with Gasteiger partial charge in [0.2, 0.25) is 0 Å². The van der Waals surface area contributed by atoms with Crippen LogP contribution in [0.4, 0.5) is 0 Å². The molecule has 3 aromatic carbocycles. The summed E-state index contributed by atoms with van der Waals surface area (Å²) in [6.07, 6.45) is 0.944. The van der Waals surface area contributed by atoms with Crippen molar-refractivity contribution in [1.29, 1.82) is 0 Å². The van der Waals surface area contributed by atoms with Crippen molar-refractivity contribution in [1.82, 2.24) is 0 Å². The molecular weight excluding hydrogens is 499 g/mol. The summed E-state index contributed by atoms with van der Waals surface area (Å²) >= 11 is 9.94. The molecule has 0 atom stereocenters. The predicted molar refractivity (Wildman–Crippen MR) is 130 cm³/mol. The van der Waals surface area contributed by atoms with Gasteiger partial charge in [0.05, 0.1) is 0 Å². The Bertz CT molecular complexity index is 930. The van der Waals surface area contributed by atoms with Gasteiger partial charge >= 0.3 is 182 Å². The topological polar surface area (TPSA) is 0 Å². The third kappa shape index (κ3) is 3.36.